The fraction of sp³-hybridized carbons (Fsp3) is 0.500. The first kappa shape index (κ1) is 32.6. The molecule has 0 radical (unpaired) electrons. The van der Waals surface area contributed by atoms with E-state index in [0.717, 1.165) is 5.56 Å². The molecule has 0 bridgehead atoms. The first-order valence-corrected chi connectivity index (χ1v) is 14.9. The summed E-state index contributed by atoms with van der Waals surface area (Å²) >= 11 is 0. The fourth-order valence-corrected chi connectivity index (χ4v) is 4.97. The van der Waals surface area contributed by atoms with Crippen LogP contribution in [-0.4, -0.2) is 74.1 Å². The minimum Gasteiger partial charge on any atom is -0.485 e. The van der Waals surface area contributed by atoms with Crippen LogP contribution in [0.3, 0.4) is 0 Å². The number of aromatic nitrogens is 3. The molecule has 12 nitrogen and oxygen atoms in total. The van der Waals surface area contributed by atoms with E-state index in [-0.39, 0.29) is 42.4 Å². The Morgan fingerprint density at radius 1 is 1.16 bits per heavy atom. The molecule has 0 spiro atoms. The van der Waals surface area contributed by atoms with Gasteiger partial charge in [-0.05, 0) is 42.5 Å². The van der Waals surface area contributed by atoms with Crippen LogP contribution in [0.1, 0.15) is 75.1 Å². The third-order valence-corrected chi connectivity index (χ3v) is 7.21. The number of ether oxygens (including phenoxy) is 1. The predicted molar refractivity (Wildman–Crippen MR) is 162 cm³/mol. The lowest BCUT2D eigenvalue weighted by Crippen LogP contribution is -2.54. The van der Waals surface area contributed by atoms with Crippen molar-refractivity contribution >= 4 is 17.7 Å². The van der Waals surface area contributed by atoms with Crippen molar-refractivity contribution in [3.63, 3.8) is 0 Å². The van der Waals surface area contributed by atoms with Crippen LogP contribution in [0.4, 0.5) is 0 Å². The van der Waals surface area contributed by atoms with E-state index in [1.165, 1.54) is 4.90 Å². The molecule has 3 aromatic rings. The minimum absolute atomic E-state index is 0.00490. The summed E-state index contributed by atoms with van der Waals surface area (Å²) in [6.45, 7) is 10.1. The Kier molecular flexibility index (Phi) is 10.7. The smallest absolute Gasteiger partial charge is 0.255 e. The lowest BCUT2D eigenvalue weighted by molar-refractivity contribution is -0.140. The number of hydrogen-bond acceptors (Lipinski definition) is 9. The number of amides is 3. The SMILES string of the molecule is CC(C)C[C@@H](NC(=O)c1ccccc1OCc1noc(C(C)(C)C)n1)C(=O)N1C[C@@H](O)C[C@@H]1C(=O)NCCc1cccnc1. The van der Waals surface area contributed by atoms with Gasteiger partial charge < -0.3 is 29.9 Å². The van der Waals surface area contributed by atoms with Crippen molar-refractivity contribution < 1.29 is 28.8 Å². The maximum Gasteiger partial charge on any atom is 0.255 e. The summed E-state index contributed by atoms with van der Waals surface area (Å²) in [6.07, 6.45) is 3.62. The first-order chi connectivity index (χ1) is 20.9. The topological polar surface area (TPSA) is 160 Å². The number of carbonyl (C=O) groups is 3. The van der Waals surface area contributed by atoms with E-state index < -0.39 is 30.0 Å². The molecule has 1 saturated heterocycles. The van der Waals surface area contributed by atoms with Crippen LogP contribution in [0.5, 0.6) is 5.75 Å². The Labute approximate surface area is 257 Å². The highest BCUT2D eigenvalue weighted by Gasteiger charge is 2.41. The maximum absolute atomic E-state index is 13.8. The number of β-amino-alcohol motifs (C(OH)–C–C–N with tert-alkyl or cyclic N) is 1. The molecule has 12 heteroatoms. The molecular weight excluding hydrogens is 564 g/mol. The number of benzene rings is 1. The van der Waals surface area contributed by atoms with Gasteiger partial charge in [0.15, 0.2) is 6.61 Å². The molecule has 0 unspecified atom stereocenters. The molecule has 3 amide bonds. The highest BCUT2D eigenvalue weighted by Crippen LogP contribution is 2.24. The van der Waals surface area contributed by atoms with Crippen molar-refractivity contribution in [3.8, 4) is 5.75 Å². The van der Waals surface area contributed by atoms with Gasteiger partial charge in [-0.1, -0.05) is 58.0 Å². The summed E-state index contributed by atoms with van der Waals surface area (Å²) < 4.78 is 11.2. The Morgan fingerprint density at radius 3 is 2.61 bits per heavy atom. The fourth-order valence-electron chi connectivity index (χ4n) is 4.97. The van der Waals surface area contributed by atoms with Crippen LogP contribution >= 0.6 is 0 Å². The zero-order chi connectivity index (χ0) is 31.9. The normalized spacial score (nSPS) is 17.4. The van der Waals surface area contributed by atoms with Gasteiger partial charge in [0.1, 0.15) is 17.8 Å². The average molecular weight is 607 g/mol. The molecule has 0 saturated carbocycles. The monoisotopic (exact) mass is 606 g/mol. The zero-order valence-electron chi connectivity index (χ0n) is 25.9. The Balaban J connectivity index is 1.43. The largest absolute Gasteiger partial charge is 0.485 e. The van der Waals surface area contributed by atoms with Crippen molar-refractivity contribution in [1.29, 1.82) is 0 Å². The van der Waals surface area contributed by atoms with Gasteiger partial charge in [-0.2, -0.15) is 4.98 Å². The summed E-state index contributed by atoms with van der Waals surface area (Å²) in [5.74, 6) is -0.0879. The van der Waals surface area contributed by atoms with Crippen LogP contribution < -0.4 is 15.4 Å². The lowest BCUT2D eigenvalue weighted by atomic mass is 9.97. The molecule has 4 rings (SSSR count). The Bertz CT molecular complexity index is 1420. The number of rotatable bonds is 12. The van der Waals surface area contributed by atoms with Crippen LogP contribution in [0.15, 0.2) is 53.3 Å². The predicted octanol–water partition coefficient (Wildman–Crippen LogP) is 2.81. The molecule has 3 atom stereocenters. The number of para-hydroxylation sites is 1. The average Bonchev–Trinajstić information content (AvgIpc) is 3.63. The molecule has 44 heavy (non-hydrogen) atoms. The van der Waals surface area contributed by atoms with E-state index in [1.807, 2.05) is 46.8 Å². The second-order valence-corrected chi connectivity index (χ2v) is 12.5. The highest BCUT2D eigenvalue weighted by molar-refractivity contribution is 6.00. The van der Waals surface area contributed by atoms with E-state index >= 15 is 0 Å². The van der Waals surface area contributed by atoms with Crippen LogP contribution in [0, 0.1) is 5.92 Å². The lowest BCUT2D eigenvalue weighted by Gasteiger charge is -2.29. The summed E-state index contributed by atoms with van der Waals surface area (Å²) in [6, 6.07) is 8.69. The molecule has 0 aliphatic carbocycles. The molecule has 3 heterocycles. The maximum atomic E-state index is 13.8. The second-order valence-electron chi connectivity index (χ2n) is 12.5. The van der Waals surface area contributed by atoms with Crippen LogP contribution in [0.25, 0.3) is 0 Å². The summed E-state index contributed by atoms with van der Waals surface area (Å²) in [4.78, 5) is 50.3. The van der Waals surface area contributed by atoms with Gasteiger partial charge in [0.2, 0.25) is 23.5 Å². The molecule has 3 N–H and O–H groups in total. The number of pyridine rings is 1. The molecule has 2 aromatic heterocycles. The molecule has 1 fully saturated rings. The molecule has 236 valence electrons. The summed E-state index contributed by atoms with van der Waals surface area (Å²) in [5, 5.41) is 20.1. The molecule has 1 aliphatic heterocycles. The number of nitrogens with one attached hydrogen (secondary N) is 2. The van der Waals surface area contributed by atoms with Crippen molar-refractivity contribution in [2.75, 3.05) is 13.1 Å². The first-order valence-electron chi connectivity index (χ1n) is 14.9. The standard InChI is InChI=1S/C32H42N6O6/c1-20(2)15-24(30(42)38-18-22(39)16-25(38)29(41)34-14-12-21-9-8-13-33-17-21)35-28(40)23-10-6-7-11-26(23)43-19-27-36-31(44-37-27)32(3,4)5/h6-11,13,17,20,22,24-25,39H,12,14-16,18-19H2,1-5H3,(H,34,41)(H,35,40)/t22-,24+,25+/m0/s1. The Morgan fingerprint density at radius 2 is 1.93 bits per heavy atom. The third-order valence-electron chi connectivity index (χ3n) is 7.21. The summed E-state index contributed by atoms with van der Waals surface area (Å²) in [7, 11) is 0. The number of hydrogen-bond donors (Lipinski definition) is 3. The number of aliphatic hydroxyl groups is 1. The van der Waals surface area contributed by atoms with Crippen molar-refractivity contribution in [3.05, 3.63) is 71.6 Å². The van der Waals surface area contributed by atoms with Crippen molar-refractivity contribution in [1.82, 2.24) is 30.7 Å². The number of likely N-dealkylation sites (tertiary alicyclic amines) is 1. The molecule has 1 aromatic carbocycles. The van der Waals surface area contributed by atoms with E-state index in [0.29, 0.717) is 36.9 Å². The highest BCUT2D eigenvalue weighted by atomic mass is 16.5. The van der Waals surface area contributed by atoms with Gasteiger partial charge >= 0.3 is 0 Å². The summed E-state index contributed by atoms with van der Waals surface area (Å²) in [5.41, 5.74) is 0.897. The molecular formula is C32H42N6O6. The second kappa shape index (κ2) is 14.4. The number of carbonyl (C=O) groups excluding carboxylic acids is 3. The van der Waals surface area contributed by atoms with E-state index in [9.17, 15) is 19.5 Å². The van der Waals surface area contributed by atoms with E-state index in [2.05, 4.69) is 25.8 Å². The van der Waals surface area contributed by atoms with Gasteiger partial charge in [0, 0.05) is 37.3 Å². The third kappa shape index (κ3) is 8.62. The Hall–Kier alpha value is -4.32. The minimum atomic E-state index is -0.918. The van der Waals surface area contributed by atoms with Crippen molar-refractivity contribution in [2.45, 2.75) is 84.1 Å². The van der Waals surface area contributed by atoms with Gasteiger partial charge in [0.05, 0.1) is 11.7 Å². The van der Waals surface area contributed by atoms with E-state index in [1.54, 1.807) is 36.7 Å². The van der Waals surface area contributed by atoms with Crippen molar-refractivity contribution in [2.24, 2.45) is 5.92 Å². The van der Waals surface area contributed by atoms with Gasteiger partial charge in [-0.15, -0.1) is 0 Å². The van der Waals surface area contributed by atoms with E-state index in [4.69, 9.17) is 9.26 Å². The molecule has 1 aliphatic rings. The van der Waals surface area contributed by atoms with Crippen LogP contribution in [-0.2, 0) is 28.0 Å². The zero-order valence-corrected chi connectivity index (χ0v) is 25.9. The number of nitrogens with zero attached hydrogens (tertiary/aromatic N) is 4. The number of aliphatic hydroxyl groups excluding tert-OH is 1. The quantitative estimate of drug-likeness (QED) is 0.282. The van der Waals surface area contributed by atoms with Gasteiger partial charge in [0.25, 0.3) is 5.91 Å². The van der Waals surface area contributed by atoms with Gasteiger partial charge in [-0.25, -0.2) is 0 Å². The van der Waals surface area contributed by atoms with Crippen LogP contribution in [0.2, 0.25) is 0 Å². The van der Waals surface area contributed by atoms with Gasteiger partial charge in [-0.3, -0.25) is 19.4 Å².